The van der Waals surface area contributed by atoms with Crippen LogP contribution in [0.1, 0.15) is 25.7 Å². The van der Waals surface area contributed by atoms with Gasteiger partial charge in [0, 0.05) is 12.5 Å². The number of hydrogen-bond acceptors (Lipinski definition) is 3. The largest absolute Gasteiger partial charge is 0.497 e. The van der Waals surface area contributed by atoms with Gasteiger partial charge in [-0.2, -0.15) is 0 Å². The molecule has 1 atom stereocenters. The minimum Gasteiger partial charge on any atom is -0.497 e. The van der Waals surface area contributed by atoms with Gasteiger partial charge in [-0.25, -0.2) is 0 Å². The molecule has 0 unspecified atom stereocenters. The van der Waals surface area contributed by atoms with E-state index >= 15 is 0 Å². The van der Waals surface area contributed by atoms with Crippen LogP contribution < -0.4 is 15.4 Å². The molecular formula is C14H17ClN2O3. The highest BCUT2D eigenvalue weighted by Gasteiger charge is 2.23. The monoisotopic (exact) mass is 296 g/mol. The Morgan fingerprint density at radius 3 is 3.00 bits per heavy atom. The molecule has 0 aromatic heterocycles. The maximum atomic E-state index is 12.2. The van der Waals surface area contributed by atoms with Gasteiger partial charge in [0.25, 0.3) is 0 Å². The second-order valence-corrected chi connectivity index (χ2v) is 5.11. The van der Waals surface area contributed by atoms with Crippen LogP contribution in [0.3, 0.4) is 0 Å². The molecule has 0 saturated carbocycles. The van der Waals surface area contributed by atoms with Gasteiger partial charge in [-0.1, -0.05) is 18.0 Å². The van der Waals surface area contributed by atoms with Crippen molar-refractivity contribution in [1.82, 2.24) is 5.32 Å². The number of methoxy groups -OCH3 is 1. The minimum atomic E-state index is -0.507. The van der Waals surface area contributed by atoms with Crippen LogP contribution in [0.4, 0.5) is 5.69 Å². The summed E-state index contributed by atoms with van der Waals surface area (Å²) in [5.41, 5.74) is 0.481. The summed E-state index contributed by atoms with van der Waals surface area (Å²) in [6.45, 7) is 0. The van der Waals surface area contributed by atoms with Crippen molar-refractivity contribution < 1.29 is 14.3 Å². The fourth-order valence-corrected chi connectivity index (χ4v) is 2.28. The van der Waals surface area contributed by atoms with Crippen molar-refractivity contribution in [2.45, 2.75) is 31.7 Å². The molecular weight excluding hydrogens is 280 g/mol. The molecule has 0 bridgehead atoms. The van der Waals surface area contributed by atoms with Gasteiger partial charge in [0.1, 0.15) is 11.8 Å². The number of halogens is 1. The van der Waals surface area contributed by atoms with Crippen molar-refractivity contribution in [3.05, 3.63) is 23.2 Å². The number of rotatable bonds is 3. The third kappa shape index (κ3) is 3.63. The molecule has 2 N–H and O–H groups in total. The molecule has 20 heavy (non-hydrogen) atoms. The first-order chi connectivity index (χ1) is 9.60. The van der Waals surface area contributed by atoms with Gasteiger partial charge in [0.05, 0.1) is 17.8 Å². The molecule has 0 spiro atoms. The molecule has 5 nitrogen and oxygen atoms in total. The summed E-state index contributed by atoms with van der Waals surface area (Å²) >= 11 is 6.04. The molecule has 1 aromatic rings. The molecule has 0 aliphatic carbocycles. The Bertz CT molecular complexity index is 519. The van der Waals surface area contributed by atoms with E-state index in [1.165, 1.54) is 0 Å². The van der Waals surface area contributed by atoms with Crippen LogP contribution in [0.25, 0.3) is 0 Å². The second kappa shape index (κ2) is 6.61. The Morgan fingerprint density at radius 1 is 1.45 bits per heavy atom. The van der Waals surface area contributed by atoms with Crippen LogP contribution in [0.15, 0.2) is 18.2 Å². The zero-order chi connectivity index (χ0) is 14.5. The number of nitrogens with one attached hydrogen (secondary N) is 2. The lowest BCUT2D eigenvalue weighted by atomic mass is 10.1. The standard InChI is InChI=1S/C14H17ClN2O3/c1-20-9-6-7-10(15)12(8-9)17-14(19)11-4-2-3-5-13(18)16-11/h6-8,11H,2-5H2,1H3,(H,16,18)(H,17,19)/t11-/m0/s1. The Kier molecular flexibility index (Phi) is 4.84. The van der Waals surface area contributed by atoms with Crippen LogP contribution in [0, 0.1) is 0 Å². The van der Waals surface area contributed by atoms with Crippen LogP contribution >= 0.6 is 11.6 Å². The van der Waals surface area contributed by atoms with E-state index in [2.05, 4.69) is 10.6 Å². The van der Waals surface area contributed by atoms with Gasteiger partial charge in [-0.05, 0) is 25.0 Å². The average Bonchev–Trinajstić information content (AvgIpc) is 2.66. The number of carbonyl (C=O) groups excluding carboxylic acids is 2. The molecule has 108 valence electrons. The van der Waals surface area contributed by atoms with Gasteiger partial charge in [-0.3, -0.25) is 9.59 Å². The lowest BCUT2D eigenvalue weighted by Gasteiger charge is -2.16. The predicted molar refractivity (Wildman–Crippen MR) is 77.0 cm³/mol. The third-order valence-electron chi connectivity index (χ3n) is 3.23. The molecule has 1 saturated heterocycles. The van der Waals surface area contributed by atoms with Crippen molar-refractivity contribution >= 4 is 29.1 Å². The highest BCUT2D eigenvalue weighted by molar-refractivity contribution is 6.33. The number of hydrogen-bond donors (Lipinski definition) is 2. The van der Waals surface area contributed by atoms with Crippen molar-refractivity contribution in [2.24, 2.45) is 0 Å². The summed E-state index contributed by atoms with van der Waals surface area (Å²) in [7, 11) is 1.54. The topological polar surface area (TPSA) is 67.4 Å². The number of carbonyl (C=O) groups is 2. The number of benzene rings is 1. The van der Waals surface area contributed by atoms with Gasteiger partial charge >= 0.3 is 0 Å². The van der Waals surface area contributed by atoms with E-state index in [1.807, 2.05) is 0 Å². The van der Waals surface area contributed by atoms with Crippen molar-refractivity contribution in [1.29, 1.82) is 0 Å². The summed E-state index contributed by atoms with van der Waals surface area (Å²) in [5, 5.41) is 5.89. The molecule has 0 radical (unpaired) electrons. The maximum Gasteiger partial charge on any atom is 0.246 e. The third-order valence-corrected chi connectivity index (χ3v) is 3.56. The normalized spacial score (nSPS) is 18.9. The minimum absolute atomic E-state index is 0.0839. The molecule has 1 aliphatic rings. The first kappa shape index (κ1) is 14.7. The first-order valence-electron chi connectivity index (χ1n) is 6.54. The van der Waals surface area contributed by atoms with E-state index < -0.39 is 6.04 Å². The Hall–Kier alpha value is -1.75. The van der Waals surface area contributed by atoms with E-state index in [1.54, 1.807) is 25.3 Å². The lowest BCUT2D eigenvalue weighted by Crippen LogP contribution is -2.42. The predicted octanol–water partition coefficient (Wildman–Crippen LogP) is 2.35. The van der Waals surface area contributed by atoms with E-state index in [0.29, 0.717) is 29.3 Å². The molecule has 6 heteroatoms. The SMILES string of the molecule is COc1ccc(Cl)c(NC(=O)[C@@H]2CCCCC(=O)N2)c1. The summed E-state index contributed by atoms with van der Waals surface area (Å²) in [6, 6.07) is 4.51. The first-order valence-corrected chi connectivity index (χ1v) is 6.91. The fraction of sp³-hybridized carbons (Fsp3) is 0.429. The van der Waals surface area contributed by atoms with Crippen LogP contribution in [0.2, 0.25) is 5.02 Å². The van der Waals surface area contributed by atoms with E-state index in [4.69, 9.17) is 16.3 Å². The van der Waals surface area contributed by atoms with E-state index in [0.717, 1.165) is 12.8 Å². The van der Waals surface area contributed by atoms with Gasteiger partial charge < -0.3 is 15.4 Å². The summed E-state index contributed by atoms with van der Waals surface area (Å²) in [4.78, 5) is 23.7. The Morgan fingerprint density at radius 2 is 2.25 bits per heavy atom. The van der Waals surface area contributed by atoms with Crippen molar-refractivity contribution in [3.8, 4) is 5.75 Å². The van der Waals surface area contributed by atoms with E-state index in [-0.39, 0.29) is 11.8 Å². The Labute approximate surface area is 122 Å². The molecule has 1 heterocycles. The number of anilines is 1. The van der Waals surface area contributed by atoms with Crippen LogP contribution in [-0.2, 0) is 9.59 Å². The highest BCUT2D eigenvalue weighted by atomic mass is 35.5. The number of amides is 2. The summed E-state index contributed by atoms with van der Waals surface area (Å²) in [6.07, 6.45) is 2.78. The fourth-order valence-electron chi connectivity index (χ4n) is 2.12. The molecule has 2 amide bonds. The molecule has 1 aliphatic heterocycles. The maximum absolute atomic E-state index is 12.2. The highest BCUT2D eigenvalue weighted by Crippen LogP contribution is 2.27. The van der Waals surface area contributed by atoms with Gasteiger partial charge in [0.2, 0.25) is 11.8 Å². The van der Waals surface area contributed by atoms with Crippen molar-refractivity contribution in [3.63, 3.8) is 0 Å². The van der Waals surface area contributed by atoms with Gasteiger partial charge in [-0.15, -0.1) is 0 Å². The molecule has 1 fully saturated rings. The zero-order valence-corrected chi connectivity index (χ0v) is 12.0. The van der Waals surface area contributed by atoms with Crippen LogP contribution in [-0.4, -0.2) is 25.0 Å². The smallest absolute Gasteiger partial charge is 0.246 e. The molecule has 1 aromatic carbocycles. The van der Waals surface area contributed by atoms with Crippen molar-refractivity contribution in [2.75, 3.05) is 12.4 Å². The number of ether oxygens (including phenoxy) is 1. The second-order valence-electron chi connectivity index (χ2n) is 4.70. The zero-order valence-electron chi connectivity index (χ0n) is 11.2. The van der Waals surface area contributed by atoms with Crippen LogP contribution in [0.5, 0.6) is 5.75 Å². The lowest BCUT2D eigenvalue weighted by molar-refractivity contribution is -0.125. The molecule has 2 rings (SSSR count). The van der Waals surface area contributed by atoms with Gasteiger partial charge in [0.15, 0.2) is 0 Å². The quantitative estimate of drug-likeness (QED) is 0.899. The Balaban J connectivity index is 2.08. The average molecular weight is 297 g/mol. The summed E-state index contributed by atoms with van der Waals surface area (Å²) in [5.74, 6) is 0.268. The van der Waals surface area contributed by atoms with E-state index in [9.17, 15) is 9.59 Å². The summed E-state index contributed by atoms with van der Waals surface area (Å²) < 4.78 is 5.09.